The molecule has 5 heteroatoms. The molecule has 0 fully saturated rings. The molecule has 28 heavy (non-hydrogen) atoms. The van der Waals surface area contributed by atoms with Gasteiger partial charge in [0.25, 0.3) is 5.91 Å². The van der Waals surface area contributed by atoms with E-state index in [0.717, 1.165) is 35.9 Å². The minimum atomic E-state index is -0.0106. The molecule has 4 nitrogen and oxygen atoms in total. The summed E-state index contributed by atoms with van der Waals surface area (Å²) in [5, 5.41) is 0. The monoisotopic (exact) mass is 445 g/mol. The molecule has 0 spiro atoms. The molecule has 0 radical (unpaired) electrons. The minimum absolute atomic E-state index is 0.0106. The van der Waals surface area contributed by atoms with E-state index in [1.807, 2.05) is 29.2 Å². The average molecular weight is 446 g/mol. The summed E-state index contributed by atoms with van der Waals surface area (Å²) in [4.78, 5) is 15.1. The summed E-state index contributed by atoms with van der Waals surface area (Å²) in [6.45, 7) is 6.77. The largest absolute Gasteiger partial charge is 0.493 e. The molecule has 2 aromatic rings. The van der Waals surface area contributed by atoms with Gasteiger partial charge >= 0.3 is 0 Å². The van der Waals surface area contributed by atoms with Crippen LogP contribution >= 0.6 is 15.9 Å². The van der Waals surface area contributed by atoms with Crippen molar-refractivity contribution in [3.63, 3.8) is 0 Å². The van der Waals surface area contributed by atoms with Gasteiger partial charge in [0.2, 0.25) is 0 Å². The predicted molar refractivity (Wildman–Crippen MR) is 115 cm³/mol. The molecule has 1 aliphatic rings. The molecule has 3 rings (SSSR count). The molecular weight excluding hydrogens is 418 g/mol. The van der Waals surface area contributed by atoms with E-state index in [0.29, 0.717) is 37.6 Å². The van der Waals surface area contributed by atoms with Crippen molar-refractivity contribution in [2.24, 2.45) is 0 Å². The summed E-state index contributed by atoms with van der Waals surface area (Å²) in [6.07, 6.45) is 4.06. The maximum Gasteiger partial charge on any atom is 0.258 e. The lowest BCUT2D eigenvalue weighted by molar-refractivity contribution is 0.0746. The van der Waals surface area contributed by atoms with E-state index < -0.39 is 0 Å². The number of fused-ring (bicyclic) bond motifs is 1. The van der Waals surface area contributed by atoms with Gasteiger partial charge in [0.05, 0.1) is 23.2 Å². The van der Waals surface area contributed by atoms with E-state index in [1.165, 1.54) is 11.1 Å². The van der Waals surface area contributed by atoms with Crippen LogP contribution in [-0.2, 0) is 13.1 Å². The molecule has 0 N–H and O–H groups in total. The lowest BCUT2D eigenvalue weighted by Crippen LogP contribution is -2.26. The number of rotatable bonds is 9. The third-order valence-electron chi connectivity index (χ3n) is 4.90. The molecule has 1 amide bonds. The van der Waals surface area contributed by atoms with Gasteiger partial charge in [0.1, 0.15) is 11.5 Å². The van der Waals surface area contributed by atoms with Crippen molar-refractivity contribution in [3.8, 4) is 11.5 Å². The van der Waals surface area contributed by atoms with Crippen LogP contribution < -0.4 is 9.47 Å². The summed E-state index contributed by atoms with van der Waals surface area (Å²) in [5.74, 6) is 1.31. The number of carbonyl (C=O) groups excluding carboxylic acids is 1. The Hall–Kier alpha value is -2.01. The number of halogens is 1. The maximum atomic E-state index is 13.3. The zero-order valence-corrected chi connectivity index (χ0v) is 18.3. The fourth-order valence-electron chi connectivity index (χ4n) is 3.23. The molecule has 0 aliphatic carbocycles. The Bertz CT molecular complexity index is 796. The van der Waals surface area contributed by atoms with Crippen molar-refractivity contribution in [3.05, 3.63) is 57.6 Å². The second-order valence-electron chi connectivity index (χ2n) is 7.11. The Labute approximate surface area is 176 Å². The number of amides is 1. The van der Waals surface area contributed by atoms with Crippen molar-refractivity contribution < 1.29 is 14.3 Å². The van der Waals surface area contributed by atoms with Gasteiger partial charge in [-0.05, 0) is 46.0 Å². The second kappa shape index (κ2) is 9.97. The Morgan fingerprint density at radius 1 is 0.964 bits per heavy atom. The summed E-state index contributed by atoms with van der Waals surface area (Å²) >= 11 is 3.57. The first-order chi connectivity index (χ1) is 13.6. The molecule has 0 unspecified atom stereocenters. The van der Waals surface area contributed by atoms with Gasteiger partial charge in [-0.15, -0.1) is 0 Å². The molecular formula is C23H28BrNO3. The maximum absolute atomic E-state index is 13.3. The topological polar surface area (TPSA) is 38.8 Å². The highest BCUT2D eigenvalue weighted by molar-refractivity contribution is 9.10. The fraction of sp³-hybridized carbons (Fsp3) is 0.435. The highest BCUT2D eigenvalue weighted by Crippen LogP contribution is 2.35. The quantitative estimate of drug-likeness (QED) is 0.446. The molecule has 1 aliphatic heterocycles. The highest BCUT2D eigenvalue weighted by Gasteiger charge is 2.27. The van der Waals surface area contributed by atoms with Crippen LogP contribution in [0.5, 0.6) is 11.5 Å². The first-order valence-electron chi connectivity index (χ1n) is 10.1. The predicted octanol–water partition coefficient (Wildman–Crippen LogP) is 5.96. The van der Waals surface area contributed by atoms with Crippen LogP contribution in [0.3, 0.4) is 0 Å². The fourth-order valence-corrected chi connectivity index (χ4v) is 3.69. The summed E-state index contributed by atoms with van der Waals surface area (Å²) in [5.41, 5.74) is 3.00. The van der Waals surface area contributed by atoms with Crippen LogP contribution in [0.4, 0.5) is 0 Å². The van der Waals surface area contributed by atoms with Crippen LogP contribution in [0.1, 0.15) is 61.0 Å². The Morgan fingerprint density at radius 3 is 2.11 bits per heavy atom. The second-order valence-corrected chi connectivity index (χ2v) is 7.97. The van der Waals surface area contributed by atoms with Gasteiger partial charge in [-0.2, -0.15) is 0 Å². The molecule has 1 heterocycles. The third-order valence-corrected chi connectivity index (χ3v) is 5.52. The van der Waals surface area contributed by atoms with Crippen LogP contribution in [0.25, 0.3) is 0 Å². The van der Waals surface area contributed by atoms with Crippen LogP contribution in [0, 0.1) is 0 Å². The van der Waals surface area contributed by atoms with E-state index in [4.69, 9.17) is 9.47 Å². The van der Waals surface area contributed by atoms with Gasteiger partial charge in [-0.3, -0.25) is 4.79 Å². The molecule has 0 aromatic heterocycles. The molecule has 0 saturated heterocycles. The number of ether oxygens (including phenoxy) is 2. The number of carbonyl (C=O) groups is 1. The number of hydrogen-bond acceptors (Lipinski definition) is 3. The SMILES string of the molecule is CCCCOc1cc(OCCCC)c(C(=O)N2Cc3ccccc3C2)cc1Br. The van der Waals surface area contributed by atoms with Crippen LogP contribution in [-0.4, -0.2) is 24.0 Å². The van der Waals surface area contributed by atoms with E-state index in [2.05, 4.69) is 41.9 Å². The minimum Gasteiger partial charge on any atom is -0.493 e. The summed E-state index contributed by atoms with van der Waals surface area (Å²) in [7, 11) is 0. The lowest BCUT2D eigenvalue weighted by Gasteiger charge is -2.20. The summed E-state index contributed by atoms with van der Waals surface area (Å²) in [6, 6.07) is 11.9. The molecule has 2 aromatic carbocycles. The summed E-state index contributed by atoms with van der Waals surface area (Å²) < 4.78 is 12.7. The van der Waals surface area contributed by atoms with E-state index >= 15 is 0 Å². The Balaban J connectivity index is 1.83. The molecule has 0 bridgehead atoms. The molecule has 0 atom stereocenters. The number of benzene rings is 2. The van der Waals surface area contributed by atoms with Gasteiger partial charge in [0, 0.05) is 19.2 Å². The van der Waals surface area contributed by atoms with Gasteiger partial charge in [-0.25, -0.2) is 0 Å². The normalized spacial score (nSPS) is 12.8. The van der Waals surface area contributed by atoms with Crippen molar-refractivity contribution in [2.75, 3.05) is 13.2 Å². The smallest absolute Gasteiger partial charge is 0.258 e. The Kier molecular flexibility index (Phi) is 7.37. The van der Waals surface area contributed by atoms with E-state index in [-0.39, 0.29) is 5.91 Å². The van der Waals surface area contributed by atoms with Gasteiger partial charge in [0.15, 0.2) is 0 Å². The first-order valence-corrected chi connectivity index (χ1v) is 10.9. The van der Waals surface area contributed by atoms with Crippen molar-refractivity contribution in [2.45, 2.75) is 52.6 Å². The number of nitrogens with zero attached hydrogens (tertiary/aromatic N) is 1. The van der Waals surface area contributed by atoms with E-state index in [9.17, 15) is 4.79 Å². The average Bonchev–Trinajstić information content (AvgIpc) is 3.14. The van der Waals surface area contributed by atoms with E-state index in [1.54, 1.807) is 0 Å². The zero-order valence-electron chi connectivity index (χ0n) is 16.7. The third kappa shape index (κ3) is 4.88. The molecule has 150 valence electrons. The number of unbranched alkanes of at least 4 members (excludes halogenated alkanes) is 2. The highest BCUT2D eigenvalue weighted by atomic mass is 79.9. The van der Waals surface area contributed by atoms with Crippen LogP contribution in [0.2, 0.25) is 0 Å². The molecule has 0 saturated carbocycles. The Morgan fingerprint density at radius 2 is 1.54 bits per heavy atom. The lowest BCUT2D eigenvalue weighted by atomic mass is 10.1. The van der Waals surface area contributed by atoms with Crippen molar-refractivity contribution in [1.82, 2.24) is 4.90 Å². The standard InChI is InChI=1S/C23H28BrNO3/c1-3-5-11-27-21-14-22(28-12-6-4-2)20(24)13-19(21)23(26)25-15-17-9-7-8-10-18(17)16-25/h7-10,13-14H,3-6,11-12,15-16H2,1-2H3. The zero-order chi connectivity index (χ0) is 19.9. The number of hydrogen-bond donors (Lipinski definition) is 0. The van der Waals surface area contributed by atoms with Gasteiger partial charge in [-0.1, -0.05) is 51.0 Å². The first kappa shape index (κ1) is 20.7. The van der Waals surface area contributed by atoms with Crippen LogP contribution in [0.15, 0.2) is 40.9 Å². The van der Waals surface area contributed by atoms with Gasteiger partial charge < -0.3 is 14.4 Å². The van der Waals surface area contributed by atoms with Crippen molar-refractivity contribution >= 4 is 21.8 Å². The van der Waals surface area contributed by atoms with Crippen molar-refractivity contribution in [1.29, 1.82) is 0 Å².